The average Bonchev–Trinajstić information content (AvgIpc) is 2.82. The lowest BCUT2D eigenvalue weighted by Crippen LogP contribution is -2.15. The Balaban J connectivity index is 1.82. The third-order valence-electron chi connectivity index (χ3n) is 6.70. The second kappa shape index (κ2) is 10.1. The molecule has 0 saturated heterocycles. The summed E-state index contributed by atoms with van der Waals surface area (Å²) in [4.78, 5) is 0. The molecular formula is C34H40N2O2. The molecule has 0 spiro atoms. The van der Waals surface area contributed by atoms with Crippen molar-refractivity contribution < 1.29 is 9.47 Å². The van der Waals surface area contributed by atoms with E-state index >= 15 is 0 Å². The van der Waals surface area contributed by atoms with Crippen LogP contribution in [-0.2, 0) is 10.8 Å². The SMILES string of the molecule is Cc1cc(-c2cc(C)c(Oc3ccc(N)cc3)c(C(C)(C)C)c2)cc(C(C)(C)C)c1Oc1ccc(N)cc1. The Morgan fingerprint density at radius 1 is 0.500 bits per heavy atom. The first kappa shape index (κ1) is 27.1. The molecule has 4 rings (SSSR count). The van der Waals surface area contributed by atoms with Gasteiger partial charge in [0.2, 0.25) is 0 Å². The molecule has 4 aromatic carbocycles. The van der Waals surface area contributed by atoms with E-state index in [0.717, 1.165) is 56.4 Å². The lowest BCUT2D eigenvalue weighted by Gasteiger charge is -2.27. The van der Waals surface area contributed by atoms with Gasteiger partial charge in [0.15, 0.2) is 0 Å². The van der Waals surface area contributed by atoms with E-state index in [9.17, 15) is 0 Å². The molecule has 0 aromatic heterocycles. The molecule has 4 N–H and O–H groups in total. The van der Waals surface area contributed by atoms with Crippen LogP contribution in [0.1, 0.15) is 63.8 Å². The minimum Gasteiger partial charge on any atom is -0.457 e. The number of hydrogen-bond donors (Lipinski definition) is 2. The summed E-state index contributed by atoms with van der Waals surface area (Å²) in [5.41, 5.74) is 19.7. The topological polar surface area (TPSA) is 70.5 Å². The maximum Gasteiger partial charge on any atom is 0.134 e. The van der Waals surface area contributed by atoms with Crippen LogP contribution in [0.3, 0.4) is 0 Å². The van der Waals surface area contributed by atoms with Crippen molar-refractivity contribution in [2.75, 3.05) is 11.5 Å². The van der Waals surface area contributed by atoms with E-state index < -0.39 is 0 Å². The molecule has 198 valence electrons. The van der Waals surface area contributed by atoms with Gasteiger partial charge in [0.1, 0.15) is 23.0 Å². The first-order valence-corrected chi connectivity index (χ1v) is 13.1. The van der Waals surface area contributed by atoms with Gasteiger partial charge in [-0.15, -0.1) is 0 Å². The van der Waals surface area contributed by atoms with Crippen molar-refractivity contribution in [2.45, 2.75) is 66.2 Å². The van der Waals surface area contributed by atoms with E-state index in [4.69, 9.17) is 20.9 Å². The Morgan fingerprint density at radius 2 is 0.816 bits per heavy atom. The molecular weight excluding hydrogens is 468 g/mol. The Morgan fingerprint density at radius 3 is 1.11 bits per heavy atom. The lowest BCUT2D eigenvalue weighted by molar-refractivity contribution is 0.451. The third-order valence-corrected chi connectivity index (χ3v) is 6.70. The van der Waals surface area contributed by atoms with Gasteiger partial charge in [-0.2, -0.15) is 0 Å². The van der Waals surface area contributed by atoms with Gasteiger partial charge in [0, 0.05) is 22.5 Å². The fourth-order valence-electron chi connectivity index (χ4n) is 4.57. The van der Waals surface area contributed by atoms with Crippen molar-refractivity contribution in [3.8, 4) is 34.1 Å². The summed E-state index contributed by atoms with van der Waals surface area (Å²) in [5, 5.41) is 0. The van der Waals surface area contributed by atoms with Crippen molar-refractivity contribution >= 4 is 11.4 Å². The van der Waals surface area contributed by atoms with E-state index in [2.05, 4.69) is 79.7 Å². The van der Waals surface area contributed by atoms with Crippen LogP contribution in [0.25, 0.3) is 11.1 Å². The fourth-order valence-corrected chi connectivity index (χ4v) is 4.57. The minimum atomic E-state index is -0.121. The van der Waals surface area contributed by atoms with Gasteiger partial charge in [0.25, 0.3) is 0 Å². The van der Waals surface area contributed by atoms with Gasteiger partial charge >= 0.3 is 0 Å². The Hall–Kier alpha value is -3.92. The standard InChI is InChI=1S/C34H40N2O2/c1-21-17-23(19-29(33(3,4)5)31(21)37-27-13-9-25(35)10-14-27)24-18-22(2)32(30(20-24)34(6,7)8)38-28-15-11-26(36)12-16-28/h9-20H,35-36H2,1-8H3. The molecule has 4 nitrogen and oxygen atoms in total. The van der Waals surface area contributed by atoms with Crippen molar-refractivity contribution in [3.63, 3.8) is 0 Å². The second-order valence-electron chi connectivity index (χ2n) is 12.2. The van der Waals surface area contributed by atoms with Crippen molar-refractivity contribution in [3.05, 3.63) is 95.1 Å². The van der Waals surface area contributed by atoms with Crippen LogP contribution in [0.15, 0.2) is 72.8 Å². The van der Waals surface area contributed by atoms with Gasteiger partial charge in [0.05, 0.1) is 0 Å². The van der Waals surface area contributed by atoms with Crippen LogP contribution < -0.4 is 20.9 Å². The normalized spacial score (nSPS) is 11.9. The van der Waals surface area contributed by atoms with Crippen LogP contribution in [0, 0.1) is 13.8 Å². The molecule has 38 heavy (non-hydrogen) atoms. The molecule has 0 amide bonds. The largest absolute Gasteiger partial charge is 0.457 e. The molecule has 0 aliphatic rings. The number of nitrogen functional groups attached to an aromatic ring is 2. The summed E-state index contributed by atoms with van der Waals surface area (Å²) in [6, 6.07) is 24.0. The van der Waals surface area contributed by atoms with Gasteiger partial charge in [-0.05, 0) is 120 Å². The molecule has 0 heterocycles. The molecule has 0 fully saturated rings. The summed E-state index contributed by atoms with van der Waals surface area (Å²) in [6.45, 7) is 17.5. The smallest absolute Gasteiger partial charge is 0.134 e. The number of aryl methyl sites for hydroxylation is 2. The molecule has 4 aromatic rings. The zero-order valence-electron chi connectivity index (χ0n) is 23.9. The van der Waals surface area contributed by atoms with Crippen molar-refractivity contribution in [1.82, 2.24) is 0 Å². The number of ether oxygens (including phenoxy) is 2. The monoisotopic (exact) mass is 508 g/mol. The van der Waals surface area contributed by atoms with Crippen LogP contribution in [0.4, 0.5) is 11.4 Å². The summed E-state index contributed by atoms with van der Waals surface area (Å²) in [6.07, 6.45) is 0. The number of hydrogen-bond acceptors (Lipinski definition) is 4. The number of benzene rings is 4. The van der Waals surface area contributed by atoms with Gasteiger partial charge in [-0.1, -0.05) is 41.5 Å². The first-order chi connectivity index (χ1) is 17.7. The number of rotatable bonds is 5. The fraction of sp³-hybridized carbons (Fsp3) is 0.294. The summed E-state index contributed by atoms with van der Waals surface area (Å²) < 4.78 is 12.8. The van der Waals surface area contributed by atoms with Crippen LogP contribution in [0.5, 0.6) is 23.0 Å². The van der Waals surface area contributed by atoms with Gasteiger partial charge < -0.3 is 20.9 Å². The molecule has 0 saturated carbocycles. The van der Waals surface area contributed by atoms with Gasteiger partial charge in [-0.25, -0.2) is 0 Å². The highest BCUT2D eigenvalue weighted by molar-refractivity contribution is 5.72. The van der Waals surface area contributed by atoms with Crippen LogP contribution in [0.2, 0.25) is 0 Å². The van der Waals surface area contributed by atoms with E-state index in [1.807, 2.05) is 48.5 Å². The maximum atomic E-state index is 6.42. The third kappa shape index (κ3) is 5.96. The average molecular weight is 509 g/mol. The Bertz CT molecular complexity index is 1330. The molecule has 0 unspecified atom stereocenters. The Kier molecular flexibility index (Phi) is 7.20. The minimum absolute atomic E-state index is 0.121. The molecule has 0 radical (unpaired) electrons. The molecule has 0 aliphatic heterocycles. The van der Waals surface area contributed by atoms with E-state index in [-0.39, 0.29) is 10.8 Å². The van der Waals surface area contributed by atoms with Crippen LogP contribution >= 0.6 is 0 Å². The quantitative estimate of drug-likeness (QED) is 0.263. The predicted molar refractivity (Wildman–Crippen MR) is 161 cm³/mol. The van der Waals surface area contributed by atoms with Crippen LogP contribution in [-0.4, -0.2) is 0 Å². The van der Waals surface area contributed by atoms with Crippen molar-refractivity contribution in [1.29, 1.82) is 0 Å². The molecule has 4 heteroatoms. The Labute approximate surface area is 227 Å². The van der Waals surface area contributed by atoms with Gasteiger partial charge in [-0.3, -0.25) is 0 Å². The van der Waals surface area contributed by atoms with E-state index in [1.54, 1.807) is 0 Å². The highest BCUT2D eigenvalue weighted by Gasteiger charge is 2.25. The van der Waals surface area contributed by atoms with E-state index in [1.165, 1.54) is 0 Å². The summed E-state index contributed by atoms with van der Waals surface area (Å²) in [7, 11) is 0. The molecule has 0 atom stereocenters. The molecule has 0 aliphatic carbocycles. The highest BCUT2D eigenvalue weighted by atomic mass is 16.5. The maximum absolute atomic E-state index is 6.42. The van der Waals surface area contributed by atoms with E-state index in [0.29, 0.717) is 11.4 Å². The summed E-state index contributed by atoms with van der Waals surface area (Å²) in [5.74, 6) is 3.33. The number of anilines is 2. The second-order valence-corrected chi connectivity index (χ2v) is 12.2. The van der Waals surface area contributed by atoms with Crippen molar-refractivity contribution in [2.24, 2.45) is 0 Å². The molecule has 0 bridgehead atoms. The highest BCUT2D eigenvalue weighted by Crippen LogP contribution is 2.43. The zero-order chi connectivity index (χ0) is 27.8. The first-order valence-electron chi connectivity index (χ1n) is 13.1. The summed E-state index contributed by atoms with van der Waals surface area (Å²) >= 11 is 0. The predicted octanol–water partition coefficient (Wildman–Crippen LogP) is 9.31. The lowest BCUT2D eigenvalue weighted by atomic mass is 9.81. The zero-order valence-corrected chi connectivity index (χ0v) is 23.9. The number of nitrogens with two attached hydrogens (primary N) is 2.